The summed E-state index contributed by atoms with van der Waals surface area (Å²) in [6, 6.07) is 8.43. The highest BCUT2D eigenvalue weighted by Gasteiger charge is 2.22. The molecule has 0 radical (unpaired) electrons. The van der Waals surface area contributed by atoms with Gasteiger partial charge in [0.15, 0.2) is 0 Å². The summed E-state index contributed by atoms with van der Waals surface area (Å²) in [4.78, 5) is 0. The lowest BCUT2D eigenvalue weighted by Gasteiger charge is -2.21. The molecule has 0 aliphatic rings. The number of aryl methyl sites for hydroxylation is 1. The van der Waals surface area contributed by atoms with Crippen molar-refractivity contribution in [2.24, 2.45) is 0 Å². The molecule has 19 heavy (non-hydrogen) atoms. The number of nitrogens with zero attached hydrogens (tertiary/aromatic N) is 2. The van der Waals surface area contributed by atoms with Crippen LogP contribution in [0.1, 0.15) is 31.1 Å². The van der Waals surface area contributed by atoms with Gasteiger partial charge in [-0.3, -0.25) is 4.68 Å². The second kappa shape index (κ2) is 6.72. The summed E-state index contributed by atoms with van der Waals surface area (Å²) in [6.45, 7) is 5.86. The van der Waals surface area contributed by atoms with Gasteiger partial charge in [-0.25, -0.2) is 0 Å². The van der Waals surface area contributed by atoms with Crippen molar-refractivity contribution in [3.05, 3.63) is 50.3 Å². The Morgan fingerprint density at radius 2 is 2.11 bits per heavy atom. The lowest BCUT2D eigenvalue weighted by molar-refractivity contribution is 0.541. The zero-order valence-corrected chi connectivity index (χ0v) is 13.9. The Kier molecular flexibility index (Phi) is 5.24. The number of nitrogens with one attached hydrogen (secondary N) is 1. The van der Waals surface area contributed by atoms with Gasteiger partial charge in [-0.1, -0.05) is 36.7 Å². The molecule has 102 valence electrons. The van der Waals surface area contributed by atoms with Crippen LogP contribution in [0.25, 0.3) is 0 Å². The summed E-state index contributed by atoms with van der Waals surface area (Å²) in [7, 11) is 0. The van der Waals surface area contributed by atoms with E-state index < -0.39 is 0 Å². The average molecular weight is 390 g/mol. The van der Waals surface area contributed by atoms with Crippen molar-refractivity contribution in [2.75, 3.05) is 6.54 Å². The SMILES string of the molecule is CCNC(c1ccccc1I)c1c(Cl)cnn1CC. The zero-order chi connectivity index (χ0) is 13.8. The van der Waals surface area contributed by atoms with Crippen LogP contribution >= 0.6 is 34.2 Å². The van der Waals surface area contributed by atoms with Gasteiger partial charge in [-0.15, -0.1) is 0 Å². The minimum atomic E-state index is 0.0769. The molecule has 3 nitrogen and oxygen atoms in total. The van der Waals surface area contributed by atoms with Gasteiger partial charge in [-0.05, 0) is 47.7 Å². The number of hydrogen-bond donors (Lipinski definition) is 1. The fourth-order valence-corrected chi connectivity index (χ4v) is 3.13. The summed E-state index contributed by atoms with van der Waals surface area (Å²) in [5.41, 5.74) is 2.28. The van der Waals surface area contributed by atoms with Crippen LogP contribution in [-0.2, 0) is 6.54 Å². The van der Waals surface area contributed by atoms with Crippen molar-refractivity contribution in [1.29, 1.82) is 0 Å². The van der Waals surface area contributed by atoms with E-state index in [1.165, 1.54) is 9.13 Å². The Balaban J connectivity index is 2.51. The van der Waals surface area contributed by atoms with Crippen molar-refractivity contribution < 1.29 is 0 Å². The molecule has 1 unspecified atom stereocenters. The van der Waals surface area contributed by atoms with Crippen LogP contribution in [0, 0.1) is 3.57 Å². The van der Waals surface area contributed by atoms with Gasteiger partial charge in [0.25, 0.3) is 0 Å². The van der Waals surface area contributed by atoms with Crippen LogP contribution in [0.5, 0.6) is 0 Å². The first-order valence-corrected chi connectivity index (χ1v) is 7.83. The highest BCUT2D eigenvalue weighted by Crippen LogP contribution is 2.30. The maximum absolute atomic E-state index is 6.33. The van der Waals surface area contributed by atoms with Gasteiger partial charge in [-0.2, -0.15) is 5.10 Å². The zero-order valence-electron chi connectivity index (χ0n) is 11.0. The highest BCUT2D eigenvalue weighted by atomic mass is 127. The summed E-state index contributed by atoms with van der Waals surface area (Å²) in [5, 5.41) is 8.56. The number of aromatic nitrogens is 2. The van der Waals surface area contributed by atoms with Crippen LogP contribution in [0.3, 0.4) is 0 Å². The van der Waals surface area contributed by atoms with Crippen molar-refractivity contribution in [2.45, 2.75) is 26.4 Å². The minimum Gasteiger partial charge on any atom is -0.305 e. The molecule has 0 amide bonds. The molecule has 5 heteroatoms. The van der Waals surface area contributed by atoms with E-state index in [2.05, 4.69) is 65.1 Å². The molecule has 1 N–H and O–H groups in total. The molecule has 2 aromatic rings. The Morgan fingerprint density at radius 1 is 1.37 bits per heavy atom. The highest BCUT2D eigenvalue weighted by molar-refractivity contribution is 14.1. The van der Waals surface area contributed by atoms with Crippen LogP contribution in [0.15, 0.2) is 30.5 Å². The fourth-order valence-electron chi connectivity index (χ4n) is 2.18. The van der Waals surface area contributed by atoms with E-state index in [9.17, 15) is 0 Å². The molecule has 1 heterocycles. The van der Waals surface area contributed by atoms with Crippen LogP contribution in [-0.4, -0.2) is 16.3 Å². The van der Waals surface area contributed by atoms with Crippen LogP contribution in [0.4, 0.5) is 0 Å². The normalized spacial score (nSPS) is 12.6. The molecule has 2 rings (SSSR count). The van der Waals surface area contributed by atoms with Crippen molar-refractivity contribution in [3.8, 4) is 0 Å². The fraction of sp³-hybridized carbons (Fsp3) is 0.357. The van der Waals surface area contributed by atoms with Gasteiger partial charge < -0.3 is 5.32 Å². The number of hydrogen-bond acceptors (Lipinski definition) is 2. The Morgan fingerprint density at radius 3 is 2.74 bits per heavy atom. The van der Waals surface area contributed by atoms with Gasteiger partial charge in [0.05, 0.1) is 23.0 Å². The molecular formula is C14H17ClIN3. The second-order valence-electron chi connectivity index (χ2n) is 4.21. The van der Waals surface area contributed by atoms with E-state index >= 15 is 0 Å². The van der Waals surface area contributed by atoms with Crippen molar-refractivity contribution in [3.63, 3.8) is 0 Å². The summed E-state index contributed by atoms with van der Waals surface area (Å²) in [6.07, 6.45) is 1.72. The second-order valence-corrected chi connectivity index (χ2v) is 5.78. The first kappa shape index (κ1) is 14.8. The van der Waals surface area contributed by atoms with Gasteiger partial charge in [0, 0.05) is 10.1 Å². The molecule has 1 aromatic carbocycles. The maximum Gasteiger partial charge on any atom is 0.0837 e. The predicted octanol–water partition coefficient (Wildman–Crippen LogP) is 3.86. The molecular weight excluding hydrogens is 373 g/mol. The average Bonchev–Trinajstić information content (AvgIpc) is 2.78. The van der Waals surface area contributed by atoms with E-state index in [0.717, 1.165) is 18.8 Å². The minimum absolute atomic E-state index is 0.0769. The molecule has 1 atom stereocenters. The lowest BCUT2D eigenvalue weighted by Crippen LogP contribution is -2.25. The van der Waals surface area contributed by atoms with Gasteiger partial charge in [0.2, 0.25) is 0 Å². The van der Waals surface area contributed by atoms with E-state index in [1.54, 1.807) is 6.20 Å². The van der Waals surface area contributed by atoms with Crippen LogP contribution in [0.2, 0.25) is 5.02 Å². The first-order valence-electron chi connectivity index (χ1n) is 6.38. The number of rotatable bonds is 5. The van der Waals surface area contributed by atoms with Gasteiger partial charge in [0.1, 0.15) is 0 Å². The Labute approximate surface area is 132 Å². The molecule has 0 spiro atoms. The molecule has 1 aromatic heterocycles. The maximum atomic E-state index is 6.33. The molecule has 0 aliphatic heterocycles. The Hall–Kier alpha value is -0.590. The Bertz CT molecular complexity index is 553. The summed E-state index contributed by atoms with van der Waals surface area (Å²) >= 11 is 8.69. The summed E-state index contributed by atoms with van der Waals surface area (Å²) < 4.78 is 3.18. The quantitative estimate of drug-likeness (QED) is 0.787. The van der Waals surface area contributed by atoms with Crippen molar-refractivity contribution in [1.82, 2.24) is 15.1 Å². The van der Waals surface area contributed by atoms with Crippen LogP contribution < -0.4 is 5.32 Å². The molecule has 0 saturated carbocycles. The number of halogens is 2. The standard InChI is InChI=1S/C14H17ClIN3/c1-3-17-13(10-7-5-6-8-12(10)16)14-11(15)9-18-19(14)4-2/h5-9,13,17H,3-4H2,1-2H3. The largest absolute Gasteiger partial charge is 0.305 e. The van der Waals surface area contributed by atoms with E-state index in [-0.39, 0.29) is 6.04 Å². The summed E-state index contributed by atoms with van der Waals surface area (Å²) in [5.74, 6) is 0. The third kappa shape index (κ3) is 3.12. The molecule has 0 aliphatic carbocycles. The lowest BCUT2D eigenvalue weighted by atomic mass is 10.0. The number of benzene rings is 1. The molecule has 0 saturated heterocycles. The smallest absolute Gasteiger partial charge is 0.0837 e. The topological polar surface area (TPSA) is 29.9 Å². The van der Waals surface area contributed by atoms with Crippen molar-refractivity contribution >= 4 is 34.2 Å². The monoisotopic (exact) mass is 389 g/mol. The van der Waals surface area contributed by atoms with Gasteiger partial charge >= 0.3 is 0 Å². The third-order valence-corrected chi connectivity index (χ3v) is 4.30. The molecule has 0 fully saturated rings. The predicted molar refractivity (Wildman–Crippen MR) is 87.6 cm³/mol. The molecule has 0 bridgehead atoms. The third-order valence-electron chi connectivity index (χ3n) is 3.03. The van der Waals surface area contributed by atoms with E-state index in [0.29, 0.717) is 5.02 Å². The van der Waals surface area contributed by atoms with E-state index in [1.807, 2.05) is 10.7 Å². The van der Waals surface area contributed by atoms with E-state index in [4.69, 9.17) is 11.6 Å². The first-order chi connectivity index (χ1) is 9.19.